The second kappa shape index (κ2) is 3.79. The van der Waals surface area contributed by atoms with E-state index in [1.807, 2.05) is 4.72 Å². The Hall–Kier alpha value is -2.41. The molecule has 3 rings (SSSR count). The first-order valence-corrected chi connectivity index (χ1v) is 6.76. The van der Waals surface area contributed by atoms with Gasteiger partial charge in [-0.2, -0.15) is 0 Å². The summed E-state index contributed by atoms with van der Waals surface area (Å²) in [5.74, 6) is -0.117. The molecule has 0 fully saturated rings. The SMILES string of the molecule is O=Cc1ccc(-c2ccc3c(c2)C(=O)NS3(=O)=O)o1. The molecule has 0 bridgehead atoms. The van der Waals surface area contributed by atoms with Gasteiger partial charge in [0.1, 0.15) is 10.7 Å². The van der Waals surface area contributed by atoms with Crippen LogP contribution in [0.2, 0.25) is 0 Å². The van der Waals surface area contributed by atoms with Crippen molar-refractivity contribution in [1.82, 2.24) is 4.72 Å². The first-order valence-electron chi connectivity index (χ1n) is 5.28. The molecule has 0 saturated carbocycles. The number of rotatable bonds is 2. The number of hydrogen-bond acceptors (Lipinski definition) is 5. The maximum atomic E-state index is 11.6. The Labute approximate surface area is 108 Å². The van der Waals surface area contributed by atoms with Crippen LogP contribution in [0.1, 0.15) is 20.9 Å². The van der Waals surface area contributed by atoms with Gasteiger partial charge in [-0.1, -0.05) is 0 Å². The van der Waals surface area contributed by atoms with E-state index in [2.05, 4.69) is 0 Å². The lowest BCUT2D eigenvalue weighted by molar-refractivity contribution is 0.0984. The lowest BCUT2D eigenvalue weighted by atomic mass is 10.1. The summed E-state index contributed by atoms with van der Waals surface area (Å²) in [5.41, 5.74) is 0.598. The van der Waals surface area contributed by atoms with E-state index in [0.29, 0.717) is 17.6 Å². The predicted octanol–water partition coefficient (Wildman–Crippen LogP) is 1.19. The minimum absolute atomic E-state index is 0.0524. The van der Waals surface area contributed by atoms with Crippen LogP contribution in [0.3, 0.4) is 0 Å². The second-order valence-corrected chi connectivity index (χ2v) is 5.62. The van der Waals surface area contributed by atoms with Crippen molar-refractivity contribution in [2.24, 2.45) is 0 Å². The Balaban J connectivity index is 2.15. The topological polar surface area (TPSA) is 93.5 Å². The van der Waals surface area contributed by atoms with Crippen molar-refractivity contribution in [3.63, 3.8) is 0 Å². The average Bonchev–Trinajstić information content (AvgIpc) is 2.93. The van der Waals surface area contributed by atoms with Crippen molar-refractivity contribution in [3.05, 3.63) is 41.7 Å². The Morgan fingerprint density at radius 2 is 1.95 bits per heavy atom. The normalized spacial score (nSPS) is 15.9. The number of fused-ring (bicyclic) bond motifs is 1. The maximum absolute atomic E-state index is 11.6. The molecule has 1 aromatic heterocycles. The van der Waals surface area contributed by atoms with Crippen molar-refractivity contribution in [2.75, 3.05) is 0 Å². The molecule has 2 aromatic rings. The van der Waals surface area contributed by atoms with E-state index in [-0.39, 0.29) is 16.2 Å². The fourth-order valence-corrected chi connectivity index (χ4v) is 3.05. The van der Waals surface area contributed by atoms with Gasteiger partial charge in [0.25, 0.3) is 15.9 Å². The Bertz CT molecular complexity index is 803. The summed E-state index contributed by atoms with van der Waals surface area (Å²) in [5, 5.41) is 0. The van der Waals surface area contributed by atoms with Crippen molar-refractivity contribution >= 4 is 22.2 Å². The molecule has 1 N–H and O–H groups in total. The highest BCUT2D eigenvalue weighted by molar-refractivity contribution is 7.90. The molecule has 96 valence electrons. The highest BCUT2D eigenvalue weighted by Gasteiger charge is 2.32. The number of sulfonamides is 1. The molecule has 0 unspecified atom stereocenters. The molecule has 0 radical (unpaired) electrons. The van der Waals surface area contributed by atoms with Crippen LogP contribution in [0.25, 0.3) is 11.3 Å². The summed E-state index contributed by atoms with van der Waals surface area (Å²) in [6.45, 7) is 0. The van der Waals surface area contributed by atoms with Crippen LogP contribution in [-0.4, -0.2) is 20.6 Å². The first-order chi connectivity index (χ1) is 9.01. The smallest absolute Gasteiger partial charge is 0.266 e. The molecule has 1 aliphatic heterocycles. The summed E-state index contributed by atoms with van der Waals surface area (Å²) in [7, 11) is -3.74. The van der Waals surface area contributed by atoms with Crippen LogP contribution in [0, 0.1) is 0 Å². The molecule has 1 aromatic carbocycles. The van der Waals surface area contributed by atoms with Gasteiger partial charge in [0.15, 0.2) is 12.0 Å². The van der Waals surface area contributed by atoms with Gasteiger partial charge < -0.3 is 4.42 Å². The highest BCUT2D eigenvalue weighted by Crippen LogP contribution is 2.29. The standard InChI is InChI=1S/C12H7NO5S/c14-6-8-2-3-10(18-8)7-1-4-11-9(5-7)12(15)13-19(11,16)17/h1-6H,(H,13,15). The minimum Gasteiger partial charge on any atom is -0.453 e. The number of amides is 1. The van der Waals surface area contributed by atoms with Crippen molar-refractivity contribution in [2.45, 2.75) is 4.90 Å². The minimum atomic E-state index is -3.74. The third kappa shape index (κ3) is 1.75. The number of hydrogen-bond donors (Lipinski definition) is 1. The summed E-state index contributed by atoms with van der Waals surface area (Å²) < 4.78 is 30.2. The van der Waals surface area contributed by atoms with E-state index in [1.54, 1.807) is 6.07 Å². The summed E-state index contributed by atoms with van der Waals surface area (Å²) in [6, 6.07) is 7.34. The Morgan fingerprint density at radius 3 is 2.63 bits per heavy atom. The van der Waals surface area contributed by atoms with Crippen LogP contribution in [0.4, 0.5) is 0 Å². The fourth-order valence-electron chi connectivity index (χ4n) is 1.90. The van der Waals surface area contributed by atoms with E-state index >= 15 is 0 Å². The number of furan rings is 1. The van der Waals surface area contributed by atoms with Gasteiger partial charge in [-0.15, -0.1) is 0 Å². The molecule has 2 heterocycles. The van der Waals surface area contributed by atoms with Crippen molar-refractivity contribution in [3.8, 4) is 11.3 Å². The average molecular weight is 277 g/mol. The second-order valence-electron chi connectivity index (χ2n) is 3.97. The Morgan fingerprint density at radius 1 is 1.16 bits per heavy atom. The van der Waals surface area contributed by atoms with Crippen LogP contribution in [0.5, 0.6) is 0 Å². The van der Waals surface area contributed by atoms with Crippen LogP contribution < -0.4 is 4.72 Å². The molecule has 7 heteroatoms. The third-order valence-electron chi connectivity index (χ3n) is 2.77. The summed E-state index contributed by atoms with van der Waals surface area (Å²) in [4.78, 5) is 22.0. The van der Waals surface area contributed by atoms with E-state index in [1.165, 1.54) is 24.3 Å². The molecule has 6 nitrogen and oxygen atoms in total. The molecule has 1 aliphatic rings. The summed E-state index contributed by atoms with van der Waals surface area (Å²) >= 11 is 0. The van der Waals surface area contributed by atoms with E-state index < -0.39 is 15.9 Å². The van der Waals surface area contributed by atoms with Crippen LogP contribution in [-0.2, 0) is 10.0 Å². The number of carbonyl (C=O) groups excluding carboxylic acids is 2. The predicted molar refractivity (Wildman–Crippen MR) is 64.2 cm³/mol. The molecule has 19 heavy (non-hydrogen) atoms. The van der Waals surface area contributed by atoms with Gasteiger partial charge in [-0.3, -0.25) is 9.59 Å². The fraction of sp³-hybridized carbons (Fsp3) is 0. The van der Waals surface area contributed by atoms with E-state index in [9.17, 15) is 18.0 Å². The zero-order valence-electron chi connectivity index (χ0n) is 9.41. The van der Waals surface area contributed by atoms with Crippen molar-refractivity contribution in [1.29, 1.82) is 0 Å². The maximum Gasteiger partial charge on any atom is 0.266 e. The van der Waals surface area contributed by atoms with Crippen LogP contribution >= 0.6 is 0 Å². The highest BCUT2D eigenvalue weighted by atomic mass is 32.2. The van der Waals surface area contributed by atoms with Crippen LogP contribution in [0.15, 0.2) is 39.6 Å². The number of carbonyl (C=O) groups is 2. The Kier molecular flexibility index (Phi) is 2.33. The lowest BCUT2D eigenvalue weighted by Crippen LogP contribution is -2.20. The van der Waals surface area contributed by atoms with E-state index in [4.69, 9.17) is 4.42 Å². The van der Waals surface area contributed by atoms with Gasteiger partial charge in [-0.05, 0) is 30.3 Å². The largest absolute Gasteiger partial charge is 0.453 e. The monoisotopic (exact) mass is 277 g/mol. The number of benzene rings is 1. The molecular formula is C12H7NO5S. The van der Waals surface area contributed by atoms with Gasteiger partial charge >= 0.3 is 0 Å². The molecule has 0 spiro atoms. The van der Waals surface area contributed by atoms with Gasteiger partial charge in [-0.25, -0.2) is 13.1 Å². The van der Waals surface area contributed by atoms with Crippen molar-refractivity contribution < 1.29 is 22.4 Å². The van der Waals surface area contributed by atoms with Gasteiger partial charge in [0, 0.05) is 5.56 Å². The molecule has 0 atom stereocenters. The third-order valence-corrected chi connectivity index (χ3v) is 4.16. The molecule has 1 amide bonds. The number of aldehydes is 1. The molecule has 0 aliphatic carbocycles. The zero-order chi connectivity index (χ0) is 13.6. The van der Waals surface area contributed by atoms with Gasteiger partial charge in [0.2, 0.25) is 0 Å². The van der Waals surface area contributed by atoms with E-state index in [0.717, 1.165) is 0 Å². The quantitative estimate of drug-likeness (QED) is 0.832. The van der Waals surface area contributed by atoms with Gasteiger partial charge in [0.05, 0.1) is 5.56 Å². The first kappa shape index (κ1) is 11.7. The number of nitrogens with one attached hydrogen (secondary N) is 1. The lowest BCUT2D eigenvalue weighted by Gasteiger charge is -1.99. The molecular weight excluding hydrogens is 270 g/mol. The summed E-state index contributed by atoms with van der Waals surface area (Å²) in [6.07, 6.45) is 0.564. The zero-order valence-corrected chi connectivity index (χ0v) is 10.2. The molecule has 0 saturated heterocycles.